The van der Waals surface area contributed by atoms with Gasteiger partial charge >= 0.3 is 5.97 Å². The van der Waals surface area contributed by atoms with Gasteiger partial charge in [0.15, 0.2) is 0 Å². The van der Waals surface area contributed by atoms with Gasteiger partial charge in [-0.2, -0.15) is 0 Å². The van der Waals surface area contributed by atoms with E-state index in [1.807, 2.05) is 0 Å². The summed E-state index contributed by atoms with van der Waals surface area (Å²) in [6.07, 6.45) is 13.2. The van der Waals surface area contributed by atoms with Crippen molar-refractivity contribution in [2.75, 3.05) is 32.7 Å². The number of unbranched alkanes of at least 4 members (excludes halogenated alkanes) is 6. The largest absolute Gasteiger partial charge is 0.480 e. The third-order valence-electron chi connectivity index (χ3n) is 5.63. The smallest absolute Gasteiger partial charge is 0.317 e. The highest BCUT2D eigenvalue weighted by atomic mass is 16.4. The van der Waals surface area contributed by atoms with Crippen molar-refractivity contribution in [1.82, 2.24) is 9.80 Å². The summed E-state index contributed by atoms with van der Waals surface area (Å²) < 4.78 is 0. The maximum Gasteiger partial charge on any atom is 0.317 e. The summed E-state index contributed by atoms with van der Waals surface area (Å²) in [5, 5.41) is 8.97. The summed E-state index contributed by atoms with van der Waals surface area (Å²) in [6.45, 7) is 11.0. The third-order valence-corrected chi connectivity index (χ3v) is 5.63. The van der Waals surface area contributed by atoms with E-state index in [2.05, 4.69) is 30.6 Å². The SMILES string of the molecule is CCCCCCCC(C)(CCCCC)N1CCN(CC(=O)O)CC1. The fraction of sp³-hybridized carbons (Fsp3) is 0.950. The molecule has 1 aliphatic heterocycles. The predicted octanol–water partition coefficient (Wildman–Crippen LogP) is 4.39. The van der Waals surface area contributed by atoms with E-state index in [0.29, 0.717) is 5.54 Å². The predicted molar refractivity (Wildman–Crippen MR) is 102 cm³/mol. The van der Waals surface area contributed by atoms with Gasteiger partial charge in [-0.05, 0) is 19.8 Å². The van der Waals surface area contributed by atoms with Crippen LogP contribution in [0.5, 0.6) is 0 Å². The van der Waals surface area contributed by atoms with E-state index in [0.717, 1.165) is 26.2 Å². The molecule has 0 aromatic heterocycles. The van der Waals surface area contributed by atoms with Gasteiger partial charge in [-0.3, -0.25) is 14.6 Å². The Bertz CT molecular complexity index is 341. The van der Waals surface area contributed by atoms with Crippen molar-refractivity contribution < 1.29 is 9.90 Å². The molecule has 1 heterocycles. The molecule has 1 rings (SSSR count). The molecule has 24 heavy (non-hydrogen) atoms. The Kier molecular flexibility index (Phi) is 10.6. The molecular formula is C20H40N2O2. The van der Waals surface area contributed by atoms with Crippen LogP contribution in [0.1, 0.15) is 85.0 Å². The van der Waals surface area contributed by atoms with Gasteiger partial charge in [-0.1, -0.05) is 65.2 Å². The number of carboxylic acids is 1. The summed E-state index contributed by atoms with van der Waals surface area (Å²) in [7, 11) is 0. The molecule has 0 spiro atoms. The Morgan fingerprint density at radius 1 is 0.875 bits per heavy atom. The summed E-state index contributed by atoms with van der Waals surface area (Å²) in [5.41, 5.74) is 0.302. The van der Waals surface area contributed by atoms with Crippen molar-refractivity contribution >= 4 is 5.97 Å². The molecule has 1 N–H and O–H groups in total. The molecule has 0 aromatic rings. The molecule has 0 radical (unpaired) electrons. The van der Waals surface area contributed by atoms with Crippen LogP contribution in [0.4, 0.5) is 0 Å². The van der Waals surface area contributed by atoms with Crippen molar-refractivity contribution in [1.29, 1.82) is 0 Å². The molecule has 1 aliphatic rings. The van der Waals surface area contributed by atoms with Crippen LogP contribution in [0.15, 0.2) is 0 Å². The van der Waals surface area contributed by atoms with Gasteiger partial charge < -0.3 is 5.11 Å². The number of carbonyl (C=O) groups is 1. The van der Waals surface area contributed by atoms with E-state index in [-0.39, 0.29) is 6.54 Å². The lowest BCUT2D eigenvalue weighted by Gasteiger charge is -2.46. The van der Waals surface area contributed by atoms with Gasteiger partial charge in [0.2, 0.25) is 0 Å². The van der Waals surface area contributed by atoms with Crippen LogP contribution in [0.3, 0.4) is 0 Å². The number of hydrogen-bond acceptors (Lipinski definition) is 3. The van der Waals surface area contributed by atoms with E-state index >= 15 is 0 Å². The zero-order chi connectivity index (χ0) is 17.8. The molecular weight excluding hydrogens is 300 g/mol. The molecule has 0 amide bonds. The molecule has 1 unspecified atom stereocenters. The molecule has 1 saturated heterocycles. The Morgan fingerprint density at radius 3 is 1.92 bits per heavy atom. The minimum Gasteiger partial charge on any atom is -0.480 e. The van der Waals surface area contributed by atoms with Gasteiger partial charge in [0.25, 0.3) is 0 Å². The Hall–Kier alpha value is -0.610. The molecule has 1 atom stereocenters. The van der Waals surface area contributed by atoms with Crippen LogP contribution in [-0.4, -0.2) is 59.1 Å². The van der Waals surface area contributed by atoms with E-state index in [9.17, 15) is 4.79 Å². The maximum atomic E-state index is 10.9. The standard InChI is InChI=1S/C20H40N2O2/c1-4-6-8-9-11-13-20(3,12-10-7-5-2)22-16-14-21(15-17-22)18-19(23)24/h4-18H2,1-3H3,(H,23,24). The summed E-state index contributed by atoms with van der Waals surface area (Å²) in [4.78, 5) is 15.6. The first kappa shape index (κ1) is 21.4. The van der Waals surface area contributed by atoms with Crippen LogP contribution in [0.25, 0.3) is 0 Å². The molecule has 142 valence electrons. The quantitative estimate of drug-likeness (QED) is 0.505. The van der Waals surface area contributed by atoms with Crippen LogP contribution >= 0.6 is 0 Å². The van der Waals surface area contributed by atoms with Crippen LogP contribution < -0.4 is 0 Å². The minimum absolute atomic E-state index is 0.192. The molecule has 1 fully saturated rings. The Balaban J connectivity index is 2.49. The first-order valence-corrected chi connectivity index (χ1v) is 10.2. The zero-order valence-corrected chi connectivity index (χ0v) is 16.4. The fourth-order valence-electron chi connectivity index (χ4n) is 3.94. The number of hydrogen-bond donors (Lipinski definition) is 1. The topological polar surface area (TPSA) is 43.8 Å². The van der Waals surface area contributed by atoms with Crippen molar-refractivity contribution in [2.45, 2.75) is 90.5 Å². The third kappa shape index (κ3) is 7.98. The van der Waals surface area contributed by atoms with Crippen LogP contribution in [0, 0.1) is 0 Å². The maximum absolute atomic E-state index is 10.9. The van der Waals surface area contributed by atoms with Gasteiger partial charge in [0.05, 0.1) is 6.54 Å². The van der Waals surface area contributed by atoms with Gasteiger partial charge in [0.1, 0.15) is 0 Å². The first-order chi connectivity index (χ1) is 11.5. The Morgan fingerprint density at radius 2 is 1.38 bits per heavy atom. The van der Waals surface area contributed by atoms with Crippen LogP contribution in [-0.2, 0) is 4.79 Å². The van der Waals surface area contributed by atoms with E-state index in [4.69, 9.17) is 5.11 Å². The zero-order valence-electron chi connectivity index (χ0n) is 16.4. The second-order valence-corrected chi connectivity index (χ2v) is 7.78. The molecule has 0 saturated carbocycles. The molecule has 4 heteroatoms. The fourth-order valence-corrected chi connectivity index (χ4v) is 3.94. The van der Waals surface area contributed by atoms with Crippen molar-refractivity contribution in [3.8, 4) is 0 Å². The highest BCUT2D eigenvalue weighted by molar-refractivity contribution is 5.69. The lowest BCUT2D eigenvalue weighted by Crippen LogP contribution is -2.56. The summed E-state index contributed by atoms with van der Waals surface area (Å²) >= 11 is 0. The number of rotatable bonds is 13. The average molecular weight is 341 g/mol. The molecule has 4 nitrogen and oxygen atoms in total. The summed E-state index contributed by atoms with van der Waals surface area (Å²) in [5.74, 6) is -0.704. The lowest BCUT2D eigenvalue weighted by molar-refractivity contribution is -0.139. The number of carboxylic acid groups (broad SMARTS) is 1. The number of nitrogens with zero attached hydrogens (tertiary/aromatic N) is 2. The highest BCUT2D eigenvalue weighted by Gasteiger charge is 2.33. The molecule has 0 bridgehead atoms. The number of piperazine rings is 1. The van der Waals surface area contributed by atoms with Crippen molar-refractivity contribution in [3.63, 3.8) is 0 Å². The van der Waals surface area contributed by atoms with E-state index < -0.39 is 5.97 Å². The second kappa shape index (κ2) is 11.9. The highest BCUT2D eigenvalue weighted by Crippen LogP contribution is 2.30. The average Bonchev–Trinajstić information content (AvgIpc) is 2.55. The lowest BCUT2D eigenvalue weighted by atomic mass is 9.86. The van der Waals surface area contributed by atoms with Crippen LogP contribution in [0.2, 0.25) is 0 Å². The Labute approximate surface area is 149 Å². The number of aliphatic carboxylic acids is 1. The van der Waals surface area contributed by atoms with E-state index in [1.165, 1.54) is 64.2 Å². The minimum atomic E-state index is -0.704. The first-order valence-electron chi connectivity index (χ1n) is 10.2. The van der Waals surface area contributed by atoms with Gasteiger partial charge in [-0.25, -0.2) is 0 Å². The molecule has 0 aliphatic carbocycles. The van der Waals surface area contributed by atoms with Crippen molar-refractivity contribution in [3.05, 3.63) is 0 Å². The molecule has 0 aromatic carbocycles. The monoisotopic (exact) mass is 340 g/mol. The summed E-state index contributed by atoms with van der Waals surface area (Å²) in [6, 6.07) is 0. The second-order valence-electron chi connectivity index (χ2n) is 7.78. The van der Waals surface area contributed by atoms with E-state index in [1.54, 1.807) is 0 Å². The van der Waals surface area contributed by atoms with Gasteiger partial charge in [0, 0.05) is 31.7 Å². The van der Waals surface area contributed by atoms with Gasteiger partial charge in [-0.15, -0.1) is 0 Å². The normalized spacial score (nSPS) is 19.3. The van der Waals surface area contributed by atoms with Crippen molar-refractivity contribution in [2.24, 2.45) is 0 Å².